The van der Waals surface area contributed by atoms with Crippen LogP contribution in [0.4, 0.5) is 0 Å². The summed E-state index contributed by atoms with van der Waals surface area (Å²) in [6.07, 6.45) is 7.60. The normalized spacial score (nSPS) is 10.4. The number of benzene rings is 1. The molecule has 0 aliphatic rings. The highest BCUT2D eigenvalue weighted by molar-refractivity contribution is 9.09. The molecule has 1 aromatic carbocycles. The summed E-state index contributed by atoms with van der Waals surface area (Å²) in [5.74, 6) is 0.946. The topological polar surface area (TPSA) is 26.3 Å². The lowest BCUT2D eigenvalue weighted by Crippen LogP contribution is -2.01. The summed E-state index contributed by atoms with van der Waals surface area (Å²) < 4.78 is 5.66. The van der Waals surface area contributed by atoms with E-state index in [2.05, 4.69) is 22.9 Å². The van der Waals surface area contributed by atoms with Gasteiger partial charge in [0.25, 0.3) is 0 Å². The second-order valence-electron chi connectivity index (χ2n) is 4.70. The van der Waals surface area contributed by atoms with Crippen LogP contribution < -0.4 is 4.74 Å². The van der Waals surface area contributed by atoms with Gasteiger partial charge in [0.05, 0.1) is 11.9 Å². The van der Waals surface area contributed by atoms with Gasteiger partial charge in [-0.05, 0) is 30.7 Å². The molecule has 0 amide bonds. The summed E-state index contributed by atoms with van der Waals surface area (Å²) in [5, 5.41) is 0.366. The minimum Gasteiger partial charge on any atom is -0.494 e. The van der Waals surface area contributed by atoms with Crippen molar-refractivity contribution in [3.63, 3.8) is 0 Å². The van der Waals surface area contributed by atoms with E-state index in [1.807, 2.05) is 24.3 Å². The van der Waals surface area contributed by atoms with Crippen LogP contribution in [0.2, 0.25) is 0 Å². The van der Waals surface area contributed by atoms with Gasteiger partial charge >= 0.3 is 0 Å². The number of unbranched alkanes of at least 4 members (excludes halogenated alkanes) is 5. The maximum Gasteiger partial charge on any atom is 0.173 e. The van der Waals surface area contributed by atoms with Crippen molar-refractivity contribution in [1.29, 1.82) is 0 Å². The van der Waals surface area contributed by atoms with Gasteiger partial charge in [-0.2, -0.15) is 0 Å². The van der Waals surface area contributed by atoms with E-state index in [4.69, 9.17) is 4.74 Å². The van der Waals surface area contributed by atoms with Crippen molar-refractivity contribution in [2.75, 3.05) is 11.9 Å². The standard InChI is InChI=1S/C16H23BrO2/c1-2-3-4-5-6-7-12-19-15-10-8-14(9-11-15)16(18)13-17/h8-11H,2-7,12-13H2,1H3. The van der Waals surface area contributed by atoms with Crippen LogP contribution in [-0.2, 0) is 0 Å². The first kappa shape index (κ1) is 16.2. The van der Waals surface area contributed by atoms with Gasteiger partial charge in [0.1, 0.15) is 5.75 Å². The van der Waals surface area contributed by atoms with Gasteiger partial charge in [0, 0.05) is 5.56 Å². The van der Waals surface area contributed by atoms with E-state index in [9.17, 15) is 4.79 Å². The number of carbonyl (C=O) groups excluding carboxylic acids is 1. The van der Waals surface area contributed by atoms with Gasteiger partial charge in [0.2, 0.25) is 0 Å². The minimum absolute atomic E-state index is 0.0995. The molecule has 0 bridgehead atoms. The molecule has 0 saturated carbocycles. The van der Waals surface area contributed by atoms with Crippen LogP contribution in [0.5, 0.6) is 5.75 Å². The van der Waals surface area contributed by atoms with E-state index >= 15 is 0 Å². The Morgan fingerprint density at radius 2 is 1.68 bits per heavy atom. The molecule has 0 aliphatic heterocycles. The predicted octanol–water partition coefficient (Wildman–Crippen LogP) is 5.00. The van der Waals surface area contributed by atoms with Crippen LogP contribution in [0.3, 0.4) is 0 Å². The number of ketones is 1. The van der Waals surface area contributed by atoms with Crippen molar-refractivity contribution in [1.82, 2.24) is 0 Å². The molecule has 1 aromatic rings. The molecule has 3 heteroatoms. The first-order valence-corrected chi connectivity index (χ1v) is 8.22. The van der Waals surface area contributed by atoms with Crippen LogP contribution in [0.15, 0.2) is 24.3 Å². The molecule has 0 N–H and O–H groups in total. The molecule has 19 heavy (non-hydrogen) atoms. The summed E-state index contributed by atoms with van der Waals surface area (Å²) in [6.45, 7) is 2.99. The number of rotatable bonds is 10. The third-order valence-corrected chi connectivity index (χ3v) is 3.57. The summed E-state index contributed by atoms with van der Waals surface area (Å²) in [7, 11) is 0. The van der Waals surface area contributed by atoms with E-state index in [1.54, 1.807) is 0 Å². The Labute approximate surface area is 124 Å². The zero-order valence-corrected chi connectivity index (χ0v) is 13.2. The molecular weight excluding hydrogens is 304 g/mol. The van der Waals surface area contributed by atoms with Crippen molar-refractivity contribution in [2.45, 2.75) is 45.4 Å². The largest absolute Gasteiger partial charge is 0.494 e. The lowest BCUT2D eigenvalue weighted by atomic mass is 10.1. The first-order valence-electron chi connectivity index (χ1n) is 7.10. The summed E-state index contributed by atoms with van der Waals surface area (Å²) >= 11 is 3.17. The Morgan fingerprint density at radius 1 is 1.05 bits per heavy atom. The first-order chi connectivity index (χ1) is 9.27. The summed E-state index contributed by atoms with van der Waals surface area (Å²) in [5.41, 5.74) is 0.726. The van der Waals surface area contributed by atoms with E-state index in [1.165, 1.54) is 32.1 Å². The maximum absolute atomic E-state index is 11.4. The monoisotopic (exact) mass is 326 g/mol. The molecule has 0 spiro atoms. The van der Waals surface area contributed by atoms with Gasteiger partial charge in [-0.3, -0.25) is 4.79 Å². The summed E-state index contributed by atoms with van der Waals surface area (Å²) in [6, 6.07) is 7.38. The highest BCUT2D eigenvalue weighted by Gasteiger charge is 2.03. The van der Waals surface area contributed by atoms with Crippen LogP contribution in [0, 0.1) is 0 Å². The van der Waals surface area contributed by atoms with Crippen molar-refractivity contribution in [2.24, 2.45) is 0 Å². The lowest BCUT2D eigenvalue weighted by molar-refractivity contribution is 0.102. The van der Waals surface area contributed by atoms with E-state index < -0.39 is 0 Å². The van der Waals surface area contributed by atoms with Crippen LogP contribution in [0.1, 0.15) is 55.8 Å². The average molecular weight is 327 g/mol. The second kappa shape index (κ2) is 10.0. The third kappa shape index (κ3) is 6.76. The van der Waals surface area contributed by atoms with Gasteiger partial charge in [-0.15, -0.1) is 0 Å². The Bertz CT molecular complexity index is 360. The van der Waals surface area contributed by atoms with Gasteiger partial charge in [0.15, 0.2) is 5.78 Å². The molecule has 0 aromatic heterocycles. The van der Waals surface area contributed by atoms with Gasteiger partial charge in [-0.1, -0.05) is 55.0 Å². The molecule has 0 atom stereocenters. The number of alkyl halides is 1. The Hall–Kier alpha value is -0.830. The molecule has 1 rings (SSSR count). The van der Waals surface area contributed by atoms with Crippen LogP contribution in [-0.4, -0.2) is 17.7 Å². The van der Waals surface area contributed by atoms with E-state index in [0.717, 1.165) is 24.3 Å². The van der Waals surface area contributed by atoms with Crippen molar-refractivity contribution < 1.29 is 9.53 Å². The number of carbonyl (C=O) groups is 1. The molecule has 0 aliphatic carbocycles. The fourth-order valence-electron chi connectivity index (χ4n) is 1.89. The van der Waals surface area contributed by atoms with Gasteiger partial charge < -0.3 is 4.74 Å². The van der Waals surface area contributed by atoms with E-state index in [0.29, 0.717) is 5.33 Å². The maximum atomic E-state index is 11.4. The van der Waals surface area contributed by atoms with E-state index in [-0.39, 0.29) is 5.78 Å². The SMILES string of the molecule is CCCCCCCCOc1ccc(C(=O)CBr)cc1. The minimum atomic E-state index is 0.0995. The third-order valence-electron chi connectivity index (χ3n) is 3.06. The molecular formula is C16H23BrO2. The molecule has 106 valence electrons. The Balaban J connectivity index is 2.18. The molecule has 0 heterocycles. The number of ether oxygens (including phenoxy) is 1. The second-order valence-corrected chi connectivity index (χ2v) is 5.26. The highest BCUT2D eigenvalue weighted by Crippen LogP contribution is 2.14. The molecule has 0 unspecified atom stereocenters. The fraction of sp³-hybridized carbons (Fsp3) is 0.562. The smallest absolute Gasteiger partial charge is 0.173 e. The van der Waals surface area contributed by atoms with Gasteiger partial charge in [-0.25, -0.2) is 0 Å². The van der Waals surface area contributed by atoms with Crippen molar-refractivity contribution >= 4 is 21.7 Å². The van der Waals surface area contributed by atoms with Crippen LogP contribution >= 0.6 is 15.9 Å². The Morgan fingerprint density at radius 3 is 2.32 bits per heavy atom. The zero-order valence-electron chi connectivity index (χ0n) is 11.7. The number of Topliss-reactive ketones (excluding diaryl/α,β-unsaturated/α-hetero) is 1. The van der Waals surface area contributed by atoms with Crippen molar-refractivity contribution in [3.05, 3.63) is 29.8 Å². The number of hydrogen-bond acceptors (Lipinski definition) is 2. The lowest BCUT2D eigenvalue weighted by Gasteiger charge is -2.06. The average Bonchev–Trinajstić information content (AvgIpc) is 2.46. The molecule has 0 saturated heterocycles. The Kier molecular flexibility index (Phi) is 8.55. The van der Waals surface area contributed by atoms with Crippen LogP contribution in [0.25, 0.3) is 0 Å². The number of halogens is 1. The quantitative estimate of drug-likeness (QED) is 0.343. The predicted molar refractivity (Wildman–Crippen MR) is 83.4 cm³/mol. The zero-order chi connectivity index (χ0) is 13.9. The molecule has 0 fully saturated rings. The van der Waals surface area contributed by atoms with Crippen molar-refractivity contribution in [3.8, 4) is 5.75 Å². The highest BCUT2D eigenvalue weighted by atomic mass is 79.9. The fourth-order valence-corrected chi connectivity index (χ4v) is 2.21. The molecule has 2 nitrogen and oxygen atoms in total. The molecule has 0 radical (unpaired) electrons. The summed E-state index contributed by atoms with van der Waals surface area (Å²) in [4.78, 5) is 11.4. The number of hydrogen-bond donors (Lipinski definition) is 0.